The van der Waals surface area contributed by atoms with Crippen LogP contribution in [0.1, 0.15) is 37.0 Å². The van der Waals surface area contributed by atoms with Gasteiger partial charge in [0.25, 0.3) is 0 Å². The molecule has 1 aliphatic rings. The first kappa shape index (κ1) is 13.4. The van der Waals surface area contributed by atoms with E-state index in [4.69, 9.17) is 9.47 Å². The topological polar surface area (TPSA) is 38.7 Å². The van der Waals surface area contributed by atoms with Gasteiger partial charge in [-0.3, -0.25) is 0 Å². The minimum atomic E-state index is -0.469. The molecule has 0 radical (unpaired) electrons. The minimum Gasteiger partial charge on any atom is -0.493 e. The van der Waals surface area contributed by atoms with E-state index in [1.807, 2.05) is 12.1 Å². The van der Waals surface area contributed by atoms with Crippen LogP contribution in [0.25, 0.3) is 0 Å². The number of aryl methyl sites for hydroxylation is 1. The molecule has 18 heavy (non-hydrogen) atoms. The van der Waals surface area contributed by atoms with Crippen LogP contribution in [-0.2, 0) is 11.2 Å². The number of fused-ring (bicyclic) bond motifs is 1. The Kier molecular flexibility index (Phi) is 4.61. The van der Waals surface area contributed by atoms with Crippen molar-refractivity contribution >= 4 is 0 Å². The second-order valence-corrected chi connectivity index (χ2v) is 5.10. The summed E-state index contributed by atoms with van der Waals surface area (Å²) >= 11 is 0. The summed E-state index contributed by atoms with van der Waals surface area (Å²) in [5.74, 6) is 1.24. The molecule has 0 spiro atoms. The summed E-state index contributed by atoms with van der Waals surface area (Å²) in [4.78, 5) is 0. The van der Waals surface area contributed by atoms with E-state index in [1.54, 1.807) is 7.11 Å². The lowest BCUT2D eigenvalue weighted by atomic mass is 9.94. The molecule has 1 aliphatic heterocycles. The Morgan fingerprint density at radius 1 is 1.44 bits per heavy atom. The summed E-state index contributed by atoms with van der Waals surface area (Å²) < 4.78 is 10.8. The number of methoxy groups -OCH3 is 1. The average Bonchev–Trinajstić information content (AvgIpc) is 2.38. The monoisotopic (exact) mass is 250 g/mol. The van der Waals surface area contributed by atoms with Gasteiger partial charge in [0, 0.05) is 19.3 Å². The number of hydrogen-bond acceptors (Lipinski definition) is 3. The van der Waals surface area contributed by atoms with Gasteiger partial charge in [0.05, 0.1) is 12.7 Å². The highest BCUT2D eigenvalue weighted by Gasteiger charge is 2.20. The Morgan fingerprint density at radius 3 is 3.06 bits per heavy atom. The molecule has 0 fully saturated rings. The Morgan fingerprint density at radius 2 is 2.28 bits per heavy atom. The first-order valence-electron chi connectivity index (χ1n) is 6.64. The fraction of sp³-hybridized carbons (Fsp3) is 0.600. The molecule has 0 aliphatic carbocycles. The lowest BCUT2D eigenvalue weighted by Gasteiger charge is -2.24. The lowest BCUT2D eigenvalue weighted by molar-refractivity contribution is 0.0991. The highest BCUT2D eigenvalue weighted by molar-refractivity contribution is 5.43. The van der Waals surface area contributed by atoms with Gasteiger partial charge in [-0.25, -0.2) is 0 Å². The standard InChI is InChI=1S/C15H22O3/c1-11(10-17-2)9-14(16)13-7-3-5-12-6-4-8-18-15(12)13/h3,5,7,11,14,16H,4,6,8-10H2,1-2H3. The van der Waals surface area contributed by atoms with Crippen molar-refractivity contribution in [2.24, 2.45) is 5.92 Å². The van der Waals surface area contributed by atoms with E-state index in [9.17, 15) is 5.11 Å². The lowest BCUT2D eigenvalue weighted by Crippen LogP contribution is -2.14. The third-order valence-corrected chi connectivity index (χ3v) is 3.40. The third-order valence-electron chi connectivity index (χ3n) is 3.40. The van der Waals surface area contributed by atoms with Gasteiger partial charge in [0.15, 0.2) is 0 Å². The second-order valence-electron chi connectivity index (χ2n) is 5.10. The van der Waals surface area contributed by atoms with Crippen LogP contribution in [0.2, 0.25) is 0 Å². The molecular weight excluding hydrogens is 228 g/mol. The van der Waals surface area contributed by atoms with E-state index in [0.29, 0.717) is 18.9 Å². The van der Waals surface area contributed by atoms with E-state index in [-0.39, 0.29) is 0 Å². The van der Waals surface area contributed by atoms with Crippen molar-refractivity contribution in [1.82, 2.24) is 0 Å². The molecule has 2 atom stereocenters. The summed E-state index contributed by atoms with van der Waals surface area (Å²) in [6.45, 7) is 3.51. The zero-order chi connectivity index (χ0) is 13.0. The molecule has 3 nitrogen and oxygen atoms in total. The van der Waals surface area contributed by atoms with Crippen LogP contribution in [-0.4, -0.2) is 25.4 Å². The SMILES string of the molecule is COCC(C)CC(O)c1cccc2c1OCCC2. The quantitative estimate of drug-likeness (QED) is 0.873. The van der Waals surface area contributed by atoms with Gasteiger partial charge in [-0.2, -0.15) is 0 Å². The van der Waals surface area contributed by atoms with Gasteiger partial charge in [-0.05, 0) is 30.7 Å². The van der Waals surface area contributed by atoms with Gasteiger partial charge in [-0.1, -0.05) is 25.1 Å². The van der Waals surface area contributed by atoms with Crippen molar-refractivity contribution in [2.75, 3.05) is 20.3 Å². The second kappa shape index (κ2) is 6.21. The fourth-order valence-electron chi connectivity index (χ4n) is 2.54. The number of aliphatic hydroxyl groups excluding tert-OH is 1. The molecule has 0 bridgehead atoms. The van der Waals surface area contributed by atoms with Crippen LogP contribution in [0.4, 0.5) is 0 Å². The van der Waals surface area contributed by atoms with Gasteiger partial charge in [0.2, 0.25) is 0 Å². The van der Waals surface area contributed by atoms with E-state index in [0.717, 1.165) is 30.8 Å². The maximum absolute atomic E-state index is 10.3. The third kappa shape index (κ3) is 3.03. The van der Waals surface area contributed by atoms with Gasteiger partial charge < -0.3 is 14.6 Å². The van der Waals surface area contributed by atoms with Crippen molar-refractivity contribution in [3.05, 3.63) is 29.3 Å². The summed E-state index contributed by atoms with van der Waals surface area (Å²) in [6, 6.07) is 6.06. The van der Waals surface area contributed by atoms with Crippen LogP contribution in [0.5, 0.6) is 5.75 Å². The minimum absolute atomic E-state index is 0.337. The number of benzene rings is 1. The van der Waals surface area contributed by atoms with Crippen LogP contribution in [0.3, 0.4) is 0 Å². The average molecular weight is 250 g/mol. The number of ether oxygens (including phenoxy) is 2. The van der Waals surface area contributed by atoms with Crippen LogP contribution in [0, 0.1) is 5.92 Å². The molecule has 3 heteroatoms. The van der Waals surface area contributed by atoms with Crippen LogP contribution in [0.15, 0.2) is 18.2 Å². The molecule has 1 aromatic rings. The molecule has 0 aromatic heterocycles. The number of aliphatic hydroxyl groups is 1. The smallest absolute Gasteiger partial charge is 0.128 e. The molecule has 1 heterocycles. The molecule has 1 aromatic carbocycles. The van der Waals surface area contributed by atoms with Crippen molar-refractivity contribution in [1.29, 1.82) is 0 Å². The highest BCUT2D eigenvalue weighted by Crippen LogP contribution is 2.35. The summed E-state index contributed by atoms with van der Waals surface area (Å²) in [5, 5.41) is 10.3. The van der Waals surface area contributed by atoms with Gasteiger partial charge in [-0.15, -0.1) is 0 Å². The predicted octanol–water partition coefficient (Wildman–Crippen LogP) is 2.72. The Balaban J connectivity index is 2.12. The van der Waals surface area contributed by atoms with Crippen molar-refractivity contribution < 1.29 is 14.6 Å². The Labute approximate surface area is 109 Å². The number of hydrogen-bond donors (Lipinski definition) is 1. The molecule has 0 amide bonds. The molecule has 100 valence electrons. The van der Waals surface area contributed by atoms with Crippen LogP contribution >= 0.6 is 0 Å². The summed E-state index contributed by atoms with van der Waals surface area (Å²) in [6.07, 6.45) is 2.34. The summed E-state index contributed by atoms with van der Waals surface area (Å²) in [5.41, 5.74) is 2.15. The zero-order valence-corrected chi connectivity index (χ0v) is 11.2. The molecule has 1 N–H and O–H groups in total. The Hall–Kier alpha value is -1.06. The molecular formula is C15H22O3. The number of rotatable bonds is 5. The highest BCUT2D eigenvalue weighted by atomic mass is 16.5. The van der Waals surface area contributed by atoms with Crippen molar-refractivity contribution in [2.45, 2.75) is 32.3 Å². The van der Waals surface area contributed by atoms with Gasteiger partial charge in [0.1, 0.15) is 5.75 Å². The van der Waals surface area contributed by atoms with E-state index in [2.05, 4.69) is 13.0 Å². The normalized spacial score (nSPS) is 17.7. The van der Waals surface area contributed by atoms with E-state index >= 15 is 0 Å². The largest absolute Gasteiger partial charge is 0.493 e. The van der Waals surface area contributed by atoms with Crippen molar-refractivity contribution in [3.63, 3.8) is 0 Å². The molecule has 0 saturated carbocycles. The van der Waals surface area contributed by atoms with Crippen LogP contribution < -0.4 is 4.74 Å². The maximum Gasteiger partial charge on any atom is 0.128 e. The first-order valence-corrected chi connectivity index (χ1v) is 6.64. The number of para-hydroxylation sites is 1. The molecule has 2 unspecified atom stereocenters. The predicted molar refractivity (Wildman–Crippen MR) is 70.9 cm³/mol. The summed E-state index contributed by atoms with van der Waals surface area (Å²) in [7, 11) is 1.69. The Bertz CT molecular complexity index is 389. The van der Waals surface area contributed by atoms with Crippen molar-refractivity contribution in [3.8, 4) is 5.75 Å². The maximum atomic E-state index is 10.3. The first-order chi connectivity index (χ1) is 8.72. The molecule has 0 saturated heterocycles. The molecule has 2 rings (SSSR count). The zero-order valence-electron chi connectivity index (χ0n) is 11.2. The fourth-order valence-corrected chi connectivity index (χ4v) is 2.54. The van der Waals surface area contributed by atoms with E-state index in [1.165, 1.54) is 5.56 Å². The van der Waals surface area contributed by atoms with E-state index < -0.39 is 6.10 Å². The van der Waals surface area contributed by atoms with Gasteiger partial charge >= 0.3 is 0 Å².